The van der Waals surface area contributed by atoms with Gasteiger partial charge in [-0.1, -0.05) is 29.8 Å². The molecular formula is C14H12BrClFN. The van der Waals surface area contributed by atoms with Crippen molar-refractivity contribution >= 4 is 27.5 Å². The lowest BCUT2D eigenvalue weighted by molar-refractivity contribution is 0.617. The molecule has 0 radical (unpaired) electrons. The van der Waals surface area contributed by atoms with Gasteiger partial charge in [0.25, 0.3) is 0 Å². The van der Waals surface area contributed by atoms with Gasteiger partial charge >= 0.3 is 0 Å². The average Bonchev–Trinajstić information content (AvgIpc) is 2.35. The number of rotatable bonds is 3. The molecule has 2 N–H and O–H groups in total. The molecule has 2 aromatic carbocycles. The molecule has 0 fully saturated rings. The predicted octanol–water partition coefficient (Wildman–Crippen LogP) is 4.48. The quantitative estimate of drug-likeness (QED) is 0.883. The van der Waals surface area contributed by atoms with Gasteiger partial charge in [0.05, 0.1) is 4.47 Å². The van der Waals surface area contributed by atoms with Crippen LogP contribution in [-0.4, -0.2) is 0 Å². The van der Waals surface area contributed by atoms with Gasteiger partial charge in [0.1, 0.15) is 5.82 Å². The van der Waals surface area contributed by atoms with E-state index >= 15 is 0 Å². The van der Waals surface area contributed by atoms with Crippen LogP contribution in [0.1, 0.15) is 17.2 Å². The van der Waals surface area contributed by atoms with Crippen LogP contribution < -0.4 is 5.73 Å². The highest BCUT2D eigenvalue weighted by Crippen LogP contribution is 2.23. The molecule has 18 heavy (non-hydrogen) atoms. The van der Waals surface area contributed by atoms with Gasteiger partial charge in [-0.3, -0.25) is 0 Å². The molecule has 0 aliphatic rings. The van der Waals surface area contributed by atoms with E-state index in [0.717, 1.165) is 11.1 Å². The Morgan fingerprint density at radius 2 is 1.83 bits per heavy atom. The molecule has 1 atom stereocenters. The summed E-state index contributed by atoms with van der Waals surface area (Å²) < 4.78 is 13.6. The maximum atomic E-state index is 13.1. The first kappa shape index (κ1) is 13.5. The lowest BCUT2D eigenvalue weighted by Crippen LogP contribution is -2.13. The van der Waals surface area contributed by atoms with Crippen LogP contribution in [0.5, 0.6) is 0 Å². The van der Waals surface area contributed by atoms with Gasteiger partial charge in [-0.25, -0.2) is 4.39 Å². The van der Waals surface area contributed by atoms with Crippen LogP contribution in [-0.2, 0) is 6.42 Å². The largest absolute Gasteiger partial charge is 0.324 e. The number of hydrogen-bond acceptors (Lipinski definition) is 1. The van der Waals surface area contributed by atoms with Crippen LogP contribution in [0.3, 0.4) is 0 Å². The number of benzene rings is 2. The smallest absolute Gasteiger partial charge is 0.137 e. The molecule has 0 aliphatic heterocycles. The van der Waals surface area contributed by atoms with Crippen molar-refractivity contribution in [2.24, 2.45) is 5.73 Å². The predicted molar refractivity (Wildman–Crippen MR) is 76.2 cm³/mol. The molecule has 94 valence electrons. The summed E-state index contributed by atoms with van der Waals surface area (Å²) in [7, 11) is 0. The number of hydrogen-bond donors (Lipinski definition) is 1. The highest BCUT2D eigenvalue weighted by molar-refractivity contribution is 9.10. The summed E-state index contributed by atoms with van der Waals surface area (Å²) in [5.41, 5.74) is 8.11. The van der Waals surface area contributed by atoms with Crippen LogP contribution in [0.15, 0.2) is 46.9 Å². The maximum absolute atomic E-state index is 13.1. The van der Waals surface area contributed by atoms with E-state index in [0.29, 0.717) is 15.9 Å². The first-order valence-corrected chi connectivity index (χ1v) is 6.68. The second-order valence-corrected chi connectivity index (χ2v) is 5.40. The van der Waals surface area contributed by atoms with E-state index in [1.807, 2.05) is 24.3 Å². The monoisotopic (exact) mass is 327 g/mol. The van der Waals surface area contributed by atoms with E-state index in [1.165, 1.54) is 6.07 Å². The van der Waals surface area contributed by atoms with Crippen molar-refractivity contribution in [3.63, 3.8) is 0 Å². The molecule has 0 spiro atoms. The molecule has 0 saturated carbocycles. The lowest BCUT2D eigenvalue weighted by atomic mass is 10.00. The summed E-state index contributed by atoms with van der Waals surface area (Å²) >= 11 is 8.99. The van der Waals surface area contributed by atoms with Crippen molar-refractivity contribution in [1.29, 1.82) is 0 Å². The van der Waals surface area contributed by atoms with Crippen molar-refractivity contribution in [2.45, 2.75) is 12.5 Å². The van der Waals surface area contributed by atoms with Crippen LogP contribution in [0, 0.1) is 5.82 Å². The summed E-state index contributed by atoms with van der Waals surface area (Å²) in [6, 6.07) is 12.2. The Morgan fingerprint density at radius 3 is 2.44 bits per heavy atom. The fourth-order valence-electron chi connectivity index (χ4n) is 1.74. The molecule has 1 nitrogen and oxygen atoms in total. The number of halogens is 3. The zero-order valence-electron chi connectivity index (χ0n) is 9.54. The topological polar surface area (TPSA) is 26.0 Å². The van der Waals surface area contributed by atoms with Crippen molar-refractivity contribution in [3.05, 3.63) is 68.9 Å². The highest BCUT2D eigenvalue weighted by Gasteiger charge is 2.09. The molecule has 4 heteroatoms. The molecule has 0 saturated heterocycles. The van der Waals surface area contributed by atoms with E-state index in [-0.39, 0.29) is 11.9 Å². The van der Waals surface area contributed by atoms with Crippen molar-refractivity contribution in [3.8, 4) is 0 Å². The molecule has 0 aliphatic carbocycles. The van der Waals surface area contributed by atoms with E-state index in [9.17, 15) is 4.39 Å². The zero-order valence-corrected chi connectivity index (χ0v) is 11.9. The second kappa shape index (κ2) is 5.83. The Bertz CT molecular complexity index is 542. The van der Waals surface area contributed by atoms with Gasteiger partial charge in [-0.05, 0) is 57.7 Å². The van der Waals surface area contributed by atoms with Crippen LogP contribution in [0.4, 0.5) is 4.39 Å². The third-order valence-electron chi connectivity index (χ3n) is 2.74. The lowest BCUT2D eigenvalue weighted by Gasteiger charge is -2.13. The van der Waals surface area contributed by atoms with E-state index in [4.69, 9.17) is 17.3 Å². The maximum Gasteiger partial charge on any atom is 0.137 e. The molecule has 0 bridgehead atoms. The standard InChI is InChI=1S/C14H12BrClFN/c15-12-8-10(3-6-13(12)17)14(18)7-9-1-4-11(16)5-2-9/h1-6,8,14H,7,18H2. The van der Waals surface area contributed by atoms with Crippen LogP contribution in [0.25, 0.3) is 0 Å². The third kappa shape index (κ3) is 3.31. The molecule has 2 aromatic rings. The normalized spacial score (nSPS) is 12.4. The minimum atomic E-state index is -0.280. The summed E-state index contributed by atoms with van der Waals surface area (Å²) in [6.07, 6.45) is 0.690. The summed E-state index contributed by atoms with van der Waals surface area (Å²) in [5.74, 6) is -0.280. The Hall–Kier alpha value is -0.900. The average molecular weight is 329 g/mol. The van der Waals surface area contributed by atoms with E-state index in [1.54, 1.807) is 12.1 Å². The molecule has 0 heterocycles. The van der Waals surface area contributed by atoms with Gasteiger partial charge < -0.3 is 5.73 Å². The summed E-state index contributed by atoms with van der Waals surface area (Å²) in [6.45, 7) is 0. The van der Waals surface area contributed by atoms with Crippen LogP contribution >= 0.6 is 27.5 Å². The Labute approximate surface area is 119 Å². The van der Waals surface area contributed by atoms with E-state index < -0.39 is 0 Å². The molecule has 1 unspecified atom stereocenters. The van der Waals surface area contributed by atoms with Gasteiger partial charge in [-0.15, -0.1) is 0 Å². The van der Waals surface area contributed by atoms with Gasteiger partial charge in [0.15, 0.2) is 0 Å². The van der Waals surface area contributed by atoms with Crippen LogP contribution in [0.2, 0.25) is 5.02 Å². The fraction of sp³-hybridized carbons (Fsp3) is 0.143. The summed E-state index contributed by atoms with van der Waals surface area (Å²) in [4.78, 5) is 0. The summed E-state index contributed by atoms with van der Waals surface area (Å²) in [5, 5.41) is 0.705. The minimum Gasteiger partial charge on any atom is -0.324 e. The molecule has 0 amide bonds. The van der Waals surface area contributed by atoms with Crippen molar-refractivity contribution < 1.29 is 4.39 Å². The Kier molecular flexibility index (Phi) is 4.38. The third-order valence-corrected chi connectivity index (χ3v) is 3.60. The Balaban J connectivity index is 2.13. The molecule has 2 rings (SSSR count). The Morgan fingerprint density at radius 1 is 1.17 bits per heavy atom. The minimum absolute atomic E-state index is 0.164. The van der Waals surface area contributed by atoms with Crippen molar-refractivity contribution in [2.75, 3.05) is 0 Å². The first-order chi connectivity index (χ1) is 8.56. The van der Waals surface area contributed by atoms with Gasteiger partial charge in [-0.2, -0.15) is 0 Å². The zero-order chi connectivity index (χ0) is 13.1. The van der Waals surface area contributed by atoms with Gasteiger partial charge in [0, 0.05) is 11.1 Å². The number of nitrogens with two attached hydrogens (primary N) is 1. The second-order valence-electron chi connectivity index (χ2n) is 4.11. The highest BCUT2D eigenvalue weighted by atomic mass is 79.9. The fourth-order valence-corrected chi connectivity index (χ4v) is 2.26. The molecule has 0 aromatic heterocycles. The van der Waals surface area contributed by atoms with E-state index in [2.05, 4.69) is 15.9 Å². The van der Waals surface area contributed by atoms with Gasteiger partial charge in [0.2, 0.25) is 0 Å². The first-order valence-electron chi connectivity index (χ1n) is 5.51. The SMILES string of the molecule is NC(Cc1ccc(Cl)cc1)c1ccc(F)c(Br)c1. The molecular weight excluding hydrogens is 317 g/mol. The van der Waals surface area contributed by atoms with Crippen molar-refractivity contribution in [1.82, 2.24) is 0 Å².